The van der Waals surface area contributed by atoms with Crippen molar-refractivity contribution in [2.45, 2.75) is 38.1 Å². The molecule has 1 aromatic rings. The van der Waals surface area contributed by atoms with Crippen molar-refractivity contribution in [3.8, 4) is 0 Å². The van der Waals surface area contributed by atoms with Crippen LogP contribution in [0.4, 0.5) is 4.39 Å². The smallest absolute Gasteiger partial charge is 0.251 e. The van der Waals surface area contributed by atoms with Crippen LogP contribution in [0.2, 0.25) is 5.02 Å². The highest BCUT2D eigenvalue weighted by Crippen LogP contribution is 2.32. The first-order chi connectivity index (χ1) is 9.46. The first kappa shape index (κ1) is 15.3. The van der Waals surface area contributed by atoms with Gasteiger partial charge in [0.1, 0.15) is 5.82 Å². The lowest BCUT2D eigenvalue weighted by molar-refractivity contribution is 0.0697. The van der Waals surface area contributed by atoms with Gasteiger partial charge in [-0.25, -0.2) is 4.39 Å². The fourth-order valence-corrected chi connectivity index (χ4v) is 3.09. The normalized spacial score (nSPS) is 26.3. The van der Waals surface area contributed by atoms with Gasteiger partial charge in [0.2, 0.25) is 0 Å². The number of aliphatic hydroxyl groups is 1. The molecule has 0 aromatic heterocycles. The van der Waals surface area contributed by atoms with Gasteiger partial charge in [0.15, 0.2) is 0 Å². The number of carbonyl (C=O) groups is 1. The van der Waals surface area contributed by atoms with E-state index in [1.807, 2.05) is 0 Å². The molecule has 1 aromatic carbocycles. The van der Waals surface area contributed by atoms with Gasteiger partial charge in [-0.1, -0.05) is 31.4 Å². The Morgan fingerprint density at radius 2 is 2.35 bits per heavy atom. The first-order valence-electron chi connectivity index (χ1n) is 6.84. The van der Waals surface area contributed by atoms with Crippen LogP contribution in [-0.4, -0.2) is 23.2 Å². The molecule has 20 heavy (non-hydrogen) atoms. The third-order valence-electron chi connectivity index (χ3n) is 3.95. The topological polar surface area (TPSA) is 49.3 Å². The summed E-state index contributed by atoms with van der Waals surface area (Å²) < 4.78 is 13.1. The van der Waals surface area contributed by atoms with E-state index in [1.54, 1.807) is 0 Å². The minimum Gasteiger partial charge on any atom is -0.394 e. The number of halogens is 2. The van der Waals surface area contributed by atoms with E-state index in [4.69, 9.17) is 11.6 Å². The maximum absolute atomic E-state index is 13.1. The van der Waals surface area contributed by atoms with Crippen molar-refractivity contribution in [3.63, 3.8) is 0 Å². The zero-order valence-electron chi connectivity index (χ0n) is 11.5. The molecule has 1 amide bonds. The fourth-order valence-electron chi connectivity index (χ4n) is 2.91. The average Bonchev–Trinajstić information content (AvgIpc) is 2.41. The third-order valence-corrected chi connectivity index (χ3v) is 4.24. The Hall–Kier alpha value is -1.13. The molecule has 1 fully saturated rings. The van der Waals surface area contributed by atoms with E-state index >= 15 is 0 Å². The molecule has 0 bridgehead atoms. The van der Waals surface area contributed by atoms with E-state index in [0.717, 1.165) is 25.7 Å². The van der Waals surface area contributed by atoms with Crippen molar-refractivity contribution in [2.75, 3.05) is 6.61 Å². The van der Waals surface area contributed by atoms with Crippen molar-refractivity contribution in [1.29, 1.82) is 0 Å². The molecule has 110 valence electrons. The Bertz CT molecular complexity index is 509. The molecule has 0 saturated heterocycles. The summed E-state index contributed by atoms with van der Waals surface area (Å²) in [6, 6.07) is 3.88. The minimum absolute atomic E-state index is 0.0762. The van der Waals surface area contributed by atoms with Gasteiger partial charge in [-0.3, -0.25) is 4.79 Å². The molecule has 1 aliphatic rings. The summed E-state index contributed by atoms with van der Waals surface area (Å²) in [6.45, 7) is 2.03. The van der Waals surface area contributed by atoms with E-state index in [-0.39, 0.29) is 17.5 Å². The van der Waals surface area contributed by atoms with E-state index < -0.39 is 11.4 Å². The Kier molecular flexibility index (Phi) is 4.66. The lowest BCUT2D eigenvalue weighted by Gasteiger charge is -2.39. The van der Waals surface area contributed by atoms with Crippen LogP contribution in [0.5, 0.6) is 0 Å². The molecule has 0 radical (unpaired) electrons. The molecule has 2 rings (SSSR count). The van der Waals surface area contributed by atoms with Crippen LogP contribution in [0.3, 0.4) is 0 Å². The van der Waals surface area contributed by atoms with Crippen molar-refractivity contribution in [1.82, 2.24) is 5.32 Å². The zero-order valence-corrected chi connectivity index (χ0v) is 12.2. The number of carbonyl (C=O) groups excluding carboxylic acids is 1. The molecule has 2 N–H and O–H groups in total. The predicted molar refractivity (Wildman–Crippen MR) is 76.3 cm³/mol. The van der Waals surface area contributed by atoms with Crippen LogP contribution in [0.15, 0.2) is 18.2 Å². The zero-order chi connectivity index (χ0) is 14.8. The summed E-state index contributed by atoms with van der Waals surface area (Å²) in [4.78, 5) is 12.2. The van der Waals surface area contributed by atoms with E-state index in [0.29, 0.717) is 11.5 Å². The molecule has 2 unspecified atom stereocenters. The van der Waals surface area contributed by atoms with Crippen molar-refractivity contribution in [2.24, 2.45) is 5.92 Å². The Morgan fingerprint density at radius 3 is 2.95 bits per heavy atom. The molecule has 5 heteroatoms. The number of amides is 1. The highest BCUT2D eigenvalue weighted by Gasteiger charge is 2.36. The van der Waals surface area contributed by atoms with Crippen LogP contribution in [0, 0.1) is 11.7 Å². The summed E-state index contributed by atoms with van der Waals surface area (Å²) in [5.74, 6) is -0.408. The number of benzene rings is 1. The van der Waals surface area contributed by atoms with Crippen LogP contribution in [0.25, 0.3) is 0 Å². The molecule has 1 saturated carbocycles. The van der Waals surface area contributed by atoms with Gasteiger partial charge in [-0.05, 0) is 37.0 Å². The average molecular weight is 300 g/mol. The first-order valence-corrected chi connectivity index (χ1v) is 7.22. The molecule has 0 heterocycles. The standard InChI is InChI=1S/C15H19ClFNO2/c1-10-3-2-6-15(8-10,9-19)18-14(20)11-4-5-13(17)12(16)7-11/h4-5,7,10,19H,2-3,6,8-9H2,1H3,(H,18,20). The second-order valence-electron chi connectivity index (χ2n) is 5.72. The van der Waals surface area contributed by atoms with Crippen molar-refractivity contribution in [3.05, 3.63) is 34.6 Å². The summed E-state index contributed by atoms with van der Waals surface area (Å²) in [7, 11) is 0. The Morgan fingerprint density at radius 1 is 1.60 bits per heavy atom. The highest BCUT2D eigenvalue weighted by molar-refractivity contribution is 6.31. The maximum Gasteiger partial charge on any atom is 0.251 e. The Labute approximate surface area is 123 Å². The van der Waals surface area contributed by atoms with Gasteiger partial charge in [-0.15, -0.1) is 0 Å². The largest absolute Gasteiger partial charge is 0.394 e. The molecule has 2 atom stereocenters. The van der Waals surface area contributed by atoms with E-state index in [2.05, 4.69) is 12.2 Å². The highest BCUT2D eigenvalue weighted by atomic mass is 35.5. The Balaban J connectivity index is 2.14. The molecule has 0 spiro atoms. The molecule has 1 aliphatic carbocycles. The number of rotatable bonds is 3. The summed E-state index contributed by atoms with van der Waals surface area (Å²) >= 11 is 5.69. The second-order valence-corrected chi connectivity index (χ2v) is 6.13. The van der Waals surface area contributed by atoms with Crippen molar-refractivity contribution < 1.29 is 14.3 Å². The number of hydrogen-bond acceptors (Lipinski definition) is 2. The lowest BCUT2D eigenvalue weighted by atomic mass is 9.76. The van der Waals surface area contributed by atoms with Crippen LogP contribution < -0.4 is 5.32 Å². The van der Waals surface area contributed by atoms with E-state index in [1.165, 1.54) is 18.2 Å². The molecule has 0 aliphatic heterocycles. The van der Waals surface area contributed by atoms with E-state index in [9.17, 15) is 14.3 Å². The number of aliphatic hydroxyl groups excluding tert-OH is 1. The van der Waals surface area contributed by atoms with Crippen LogP contribution in [-0.2, 0) is 0 Å². The van der Waals surface area contributed by atoms with Crippen LogP contribution >= 0.6 is 11.6 Å². The van der Waals surface area contributed by atoms with Gasteiger partial charge < -0.3 is 10.4 Å². The number of hydrogen-bond donors (Lipinski definition) is 2. The molecular formula is C15H19ClFNO2. The summed E-state index contributed by atoms with van der Waals surface area (Å²) in [6.07, 6.45) is 3.60. The number of nitrogens with one attached hydrogen (secondary N) is 1. The van der Waals surface area contributed by atoms with Gasteiger partial charge in [0, 0.05) is 5.56 Å². The van der Waals surface area contributed by atoms with Gasteiger partial charge in [0.25, 0.3) is 5.91 Å². The molecular weight excluding hydrogens is 281 g/mol. The van der Waals surface area contributed by atoms with Crippen LogP contribution in [0.1, 0.15) is 43.0 Å². The quantitative estimate of drug-likeness (QED) is 0.901. The van der Waals surface area contributed by atoms with Gasteiger partial charge in [0.05, 0.1) is 17.2 Å². The van der Waals surface area contributed by atoms with Gasteiger partial charge in [-0.2, -0.15) is 0 Å². The SMILES string of the molecule is CC1CCCC(CO)(NC(=O)c2ccc(F)c(Cl)c2)C1. The van der Waals surface area contributed by atoms with Gasteiger partial charge >= 0.3 is 0 Å². The monoisotopic (exact) mass is 299 g/mol. The summed E-state index contributed by atoms with van der Waals surface area (Å²) in [5, 5.41) is 12.5. The second kappa shape index (κ2) is 6.10. The maximum atomic E-state index is 13.1. The minimum atomic E-state index is -0.574. The molecule has 3 nitrogen and oxygen atoms in total. The fraction of sp³-hybridized carbons (Fsp3) is 0.533. The summed E-state index contributed by atoms with van der Waals surface area (Å²) in [5.41, 5.74) is -0.266. The third kappa shape index (κ3) is 3.30. The lowest BCUT2D eigenvalue weighted by Crippen LogP contribution is -2.53. The van der Waals surface area contributed by atoms with Crippen molar-refractivity contribution >= 4 is 17.5 Å². The predicted octanol–water partition coefficient (Wildman–Crippen LogP) is 3.15.